The predicted molar refractivity (Wildman–Crippen MR) is 44.3 cm³/mol. The van der Waals surface area contributed by atoms with Crippen LogP contribution in [0.2, 0.25) is 5.02 Å². The number of halogens is 1. The Morgan fingerprint density at radius 1 is 1.83 bits per heavy atom. The van der Waals surface area contributed by atoms with Crippen LogP contribution in [0.1, 0.15) is 18.7 Å². The average molecular weight is 189 g/mol. The molecule has 0 spiro atoms. The number of hydrogen-bond acceptors (Lipinski definition) is 2. The van der Waals surface area contributed by atoms with Crippen LogP contribution >= 0.6 is 11.6 Å². The summed E-state index contributed by atoms with van der Waals surface area (Å²) in [5, 5.41) is 13.1. The standard InChI is InChI=1S/C7H9ClN2O2/c1-4-6(8)3-10(9-4)5(2)7(11)12/h3,5H,1-2H3,(H,11,12)/t5-/m1/s1. The molecule has 1 heterocycles. The lowest BCUT2D eigenvalue weighted by molar-refractivity contribution is -0.140. The molecule has 0 saturated carbocycles. The summed E-state index contributed by atoms with van der Waals surface area (Å²) in [5.41, 5.74) is 0.643. The van der Waals surface area contributed by atoms with Crippen molar-refractivity contribution in [2.24, 2.45) is 0 Å². The SMILES string of the molecule is Cc1nn([C@H](C)C(=O)O)cc1Cl. The van der Waals surface area contributed by atoms with Gasteiger partial charge in [0.25, 0.3) is 0 Å². The Hall–Kier alpha value is -1.03. The highest BCUT2D eigenvalue weighted by atomic mass is 35.5. The molecule has 0 radical (unpaired) electrons. The summed E-state index contributed by atoms with van der Waals surface area (Å²) >= 11 is 5.70. The molecule has 1 N–H and O–H groups in total. The van der Waals surface area contributed by atoms with Crippen molar-refractivity contribution >= 4 is 17.6 Å². The number of carboxylic acid groups (broad SMARTS) is 1. The van der Waals surface area contributed by atoms with Gasteiger partial charge in [-0.3, -0.25) is 4.68 Å². The first-order chi connectivity index (χ1) is 5.52. The van der Waals surface area contributed by atoms with Crippen LogP contribution in [0.5, 0.6) is 0 Å². The summed E-state index contributed by atoms with van der Waals surface area (Å²) in [6.45, 7) is 3.28. The normalized spacial score (nSPS) is 12.9. The number of nitrogens with zero attached hydrogens (tertiary/aromatic N) is 2. The molecule has 0 aromatic carbocycles. The minimum Gasteiger partial charge on any atom is -0.480 e. The van der Waals surface area contributed by atoms with Gasteiger partial charge in [0.2, 0.25) is 0 Å². The summed E-state index contributed by atoms with van der Waals surface area (Å²) in [7, 11) is 0. The van der Waals surface area contributed by atoms with Crippen molar-refractivity contribution in [3.8, 4) is 0 Å². The summed E-state index contributed by atoms with van der Waals surface area (Å²) in [5.74, 6) is -0.922. The molecule has 4 nitrogen and oxygen atoms in total. The topological polar surface area (TPSA) is 55.1 Å². The Labute approximate surface area is 74.8 Å². The first-order valence-corrected chi connectivity index (χ1v) is 3.84. The second kappa shape index (κ2) is 3.15. The molecular weight excluding hydrogens is 180 g/mol. The smallest absolute Gasteiger partial charge is 0.328 e. The zero-order valence-corrected chi connectivity index (χ0v) is 7.54. The molecule has 0 aliphatic carbocycles. The summed E-state index contributed by atoms with van der Waals surface area (Å²) in [6.07, 6.45) is 1.51. The van der Waals surface area contributed by atoms with Crippen molar-refractivity contribution in [3.63, 3.8) is 0 Å². The third-order valence-electron chi connectivity index (χ3n) is 1.61. The maximum absolute atomic E-state index is 10.5. The Morgan fingerprint density at radius 2 is 2.42 bits per heavy atom. The Bertz CT molecular complexity index is 289. The highest BCUT2D eigenvalue weighted by molar-refractivity contribution is 6.31. The molecule has 0 bridgehead atoms. The van der Waals surface area contributed by atoms with E-state index in [0.717, 1.165) is 0 Å². The third-order valence-corrected chi connectivity index (χ3v) is 1.98. The molecule has 0 aliphatic heterocycles. The van der Waals surface area contributed by atoms with Crippen LogP contribution in [0.4, 0.5) is 0 Å². The van der Waals surface area contributed by atoms with Gasteiger partial charge in [0, 0.05) is 6.20 Å². The first-order valence-electron chi connectivity index (χ1n) is 3.46. The van der Waals surface area contributed by atoms with E-state index in [1.54, 1.807) is 13.8 Å². The van der Waals surface area contributed by atoms with Gasteiger partial charge in [0.15, 0.2) is 0 Å². The molecule has 1 rings (SSSR count). The van der Waals surface area contributed by atoms with E-state index in [1.807, 2.05) is 0 Å². The monoisotopic (exact) mass is 188 g/mol. The number of aromatic nitrogens is 2. The summed E-state index contributed by atoms with van der Waals surface area (Å²) in [4.78, 5) is 10.5. The number of rotatable bonds is 2. The second-order valence-electron chi connectivity index (χ2n) is 2.56. The van der Waals surface area contributed by atoms with E-state index in [-0.39, 0.29) is 0 Å². The molecule has 0 aliphatic rings. The Balaban J connectivity index is 2.96. The lowest BCUT2D eigenvalue weighted by Crippen LogP contribution is -2.15. The van der Waals surface area contributed by atoms with Crippen LogP contribution in [0.25, 0.3) is 0 Å². The molecule has 5 heteroatoms. The fourth-order valence-corrected chi connectivity index (χ4v) is 0.909. The van der Waals surface area contributed by atoms with Crippen LogP contribution in [-0.4, -0.2) is 20.9 Å². The highest BCUT2D eigenvalue weighted by Gasteiger charge is 2.14. The van der Waals surface area contributed by atoms with Crippen molar-refractivity contribution < 1.29 is 9.90 Å². The van der Waals surface area contributed by atoms with Gasteiger partial charge in [0.1, 0.15) is 6.04 Å². The van der Waals surface area contributed by atoms with Gasteiger partial charge in [0.05, 0.1) is 10.7 Å². The van der Waals surface area contributed by atoms with E-state index in [2.05, 4.69) is 5.10 Å². The maximum atomic E-state index is 10.5. The van der Waals surface area contributed by atoms with E-state index >= 15 is 0 Å². The van der Waals surface area contributed by atoms with Crippen LogP contribution in [0.3, 0.4) is 0 Å². The van der Waals surface area contributed by atoms with Crippen molar-refractivity contribution in [3.05, 3.63) is 16.9 Å². The van der Waals surface area contributed by atoms with Gasteiger partial charge in [-0.05, 0) is 13.8 Å². The molecule has 66 valence electrons. The minimum atomic E-state index is -0.922. The predicted octanol–water partition coefficient (Wildman–Crippen LogP) is 1.49. The van der Waals surface area contributed by atoms with E-state index < -0.39 is 12.0 Å². The number of hydrogen-bond donors (Lipinski definition) is 1. The fraction of sp³-hybridized carbons (Fsp3) is 0.429. The molecule has 0 unspecified atom stereocenters. The number of carbonyl (C=O) groups is 1. The molecule has 1 atom stereocenters. The van der Waals surface area contributed by atoms with Gasteiger partial charge in [-0.25, -0.2) is 4.79 Å². The quantitative estimate of drug-likeness (QED) is 0.765. The van der Waals surface area contributed by atoms with Gasteiger partial charge < -0.3 is 5.11 Å². The zero-order chi connectivity index (χ0) is 9.30. The third kappa shape index (κ3) is 1.58. The Morgan fingerprint density at radius 3 is 2.75 bits per heavy atom. The first kappa shape index (κ1) is 9.06. The maximum Gasteiger partial charge on any atom is 0.328 e. The fourth-order valence-electron chi connectivity index (χ4n) is 0.771. The number of aryl methyl sites for hydroxylation is 1. The Kier molecular flexibility index (Phi) is 2.38. The highest BCUT2D eigenvalue weighted by Crippen LogP contribution is 2.15. The van der Waals surface area contributed by atoms with E-state index in [9.17, 15) is 4.79 Å². The molecular formula is C7H9ClN2O2. The van der Waals surface area contributed by atoms with Gasteiger partial charge in [-0.2, -0.15) is 5.10 Å². The van der Waals surface area contributed by atoms with Crippen LogP contribution in [0, 0.1) is 6.92 Å². The zero-order valence-electron chi connectivity index (χ0n) is 6.78. The van der Waals surface area contributed by atoms with Crippen LogP contribution in [-0.2, 0) is 4.79 Å². The van der Waals surface area contributed by atoms with Crippen molar-refractivity contribution in [1.82, 2.24) is 9.78 Å². The molecule has 0 saturated heterocycles. The summed E-state index contributed by atoms with van der Waals surface area (Å²) < 4.78 is 1.33. The van der Waals surface area contributed by atoms with Gasteiger partial charge >= 0.3 is 5.97 Å². The minimum absolute atomic E-state index is 0.489. The van der Waals surface area contributed by atoms with Gasteiger partial charge in [-0.15, -0.1) is 0 Å². The number of aliphatic carboxylic acids is 1. The molecule has 0 fully saturated rings. The van der Waals surface area contributed by atoms with Crippen molar-refractivity contribution in [1.29, 1.82) is 0 Å². The van der Waals surface area contributed by atoms with Crippen molar-refractivity contribution in [2.75, 3.05) is 0 Å². The van der Waals surface area contributed by atoms with Crippen LogP contribution < -0.4 is 0 Å². The molecule has 12 heavy (non-hydrogen) atoms. The lowest BCUT2D eigenvalue weighted by atomic mass is 10.4. The average Bonchev–Trinajstić information content (AvgIpc) is 2.30. The molecule has 1 aromatic rings. The molecule has 1 aromatic heterocycles. The van der Waals surface area contributed by atoms with Crippen LogP contribution in [0.15, 0.2) is 6.20 Å². The van der Waals surface area contributed by atoms with E-state index in [1.165, 1.54) is 10.9 Å². The molecule has 0 amide bonds. The van der Waals surface area contributed by atoms with Gasteiger partial charge in [-0.1, -0.05) is 11.6 Å². The van der Waals surface area contributed by atoms with E-state index in [0.29, 0.717) is 10.7 Å². The summed E-state index contributed by atoms with van der Waals surface area (Å²) in [6, 6.07) is -0.670. The lowest BCUT2D eigenvalue weighted by Gasteiger charge is -2.04. The van der Waals surface area contributed by atoms with E-state index in [4.69, 9.17) is 16.7 Å². The number of carboxylic acids is 1. The second-order valence-corrected chi connectivity index (χ2v) is 2.96. The van der Waals surface area contributed by atoms with Crippen molar-refractivity contribution in [2.45, 2.75) is 19.9 Å². The largest absolute Gasteiger partial charge is 0.480 e.